The molecular formula is C17H18O5. The molecule has 0 saturated carbocycles. The lowest BCUT2D eigenvalue weighted by molar-refractivity contribution is 0.0696. The molecule has 0 amide bonds. The summed E-state index contributed by atoms with van der Waals surface area (Å²) in [6.07, 6.45) is 1.49. The second-order valence-corrected chi connectivity index (χ2v) is 5.37. The van der Waals surface area contributed by atoms with Crippen LogP contribution in [-0.4, -0.2) is 24.0 Å². The Morgan fingerprint density at radius 3 is 2.68 bits per heavy atom. The summed E-state index contributed by atoms with van der Waals surface area (Å²) >= 11 is 0. The van der Waals surface area contributed by atoms with Gasteiger partial charge in [-0.1, -0.05) is 13.8 Å². The van der Waals surface area contributed by atoms with E-state index < -0.39 is 5.97 Å². The van der Waals surface area contributed by atoms with Gasteiger partial charge < -0.3 is 14.3 Å². The van der Waals surface area contributed by atoms with Gasteiger partial charge >= 0.3 is 5.97 Å². The molecule has 0 spiro atoms. The van der Waals surface area contributed by atoms with Crippen molar-refractivity contribution in [3.63, 3.8) is 0 Å². The SMILES string of the molecule is CC(C)CCOc1ccc(C(=O)O)cc1-c1ccc(C=O)o1. The third-order valence-electron chi connectivity index (χ3n) is 3.19. The van der Waals surface area contributed by atoms with E-state index in [1.807, 2.05) is 0 Å². The zero-order valence-corrected chi connectivity index (χ0v) is 12.5. The Hall–Kier alpha value is -2.56. The van der Waals surface area contributed by atoms with Crippen LogP contribution in [0.3, 0.4) is 0 Å². The molecule has 0 aliphatic rings. The van der Waals surface area contributed by atoms with E-state index >= 15 is 0 Å². The first-order valence-electron chi connectivity index (χ1n) is 7.06. The summed E-state index contributed by atoms with van der Waals surface area (Å²) in [6, 6.07) is 7.75. The summed E-state index contributed by atoms with van der Waals surface area (Å²) < 4.78 is 11.1. The van der Waals surface area contributed by atoms with Crippen molar-refractivity contribution in [2.45, 2.75) is 20.3 Å². The molecule has 1 aromatic heterocycles. The maximum absolute atomic E-state index is 11.1. The lowest BCUT2D eigenvalue weighted by Gasteiger charge is -2.12. The van der Waals surface area contributed by atoms with E-state index in [0.29, 0.717) is 35.9 Å². The Kier molecular flexibility index (Phi) is 4.99. The third-order valence-corrected chi connectivity index (χ3v) is 3.19. The molecular weight excluding hydrogens is 284 g/mol. The monoisotopic (exact) mass is 302 g/mol. The van der Waals surface area contributed by atoms with Crippen LogP contribution in [0.4, 0.5) is 0 Å². The van der Waals surface area contributed by atoms with Gasteiger partial charge in [0.15, 0.2) is 12.0 Å². The molecule has 2 rings (SSSR count). The maximum Gasteiger partial charge on any atom is 0.335 e. The molecule has 2 aromatic rings. The fraction of sp³-hybridized carbons (Fsp3) is 0.294. The van der Waals surface area contributed by atoms with Crippen LogP contribution in [0.5, 0.6) is 5.75 Å². The van der Waals surface area contributed by atoms with Crippen molar-refractivity contribution in [3.05, 3.63) is 41.7 Å². The van der Waals surface area contributed by atoms with E-state index in [1.54, 1.807) is 12.1 Å². The molecule has 0 saturated heterocycles. The first-order chi connectivity index (χ1) is 10.5. The van der Waals surface area contributed by atoms with Crippen molar-refractivity contribution >= 4 is 12.3 Å². The molecule has 5 heteroatoms. The van der Waals surface area contributed by atoms with Crippen molar-refractivity contribution in [2.75, 3.05) is 6.61 Å². The van der Waals surface area contributed by atoms with Crippen LogP contribution in [0.1, 0.15) is 41.2 Å². The highest BCUT2D eigenvalue weighted by molar-refractivity contribution is 5.90. The second kappa shape index (κ2) is 6.93. The van der Waals surface area contributed by atoms with E-state index in [0.717, 1.165) is 6.42 Å². The average molecular weight is 302 g/mol. The molecule has 0 bridgehead atoms. The van der Waals surface area contributed by atoms with Gasteiger partial charge in [0.05, 0.1) is 17.7 Å². The smallest absolute Gasteiger partial charge is 0.335 e. The van der Waals surface area contributed by atoms with Gasteiger partial charge in [0, 0.05) is 0 Å². The van der Waals surface area contributed by atoms with Gasteiger partial charge in [-0.2, -0.15) is 0 Å². The molecule has 5 nitrogen and oxygen atoms in total. The number of carbonyl (C=O) groups excluding carboxylic acids is 1. The van der Waals surface area contributed by atoms with Gasteiger partial charge in [-0.25, -0.2) is 4.79 Å². The molecule has 1 N–H and O–H groups in total. The number of rotatable bonds is 7. The van der Waals surface area contributed by atoms with Crippen LogP contribution in [-0.2, 0) is 0 Å². The Morgan fingerprint density at radius 1 is 1.32 bits per heavy atom. The van der Waals surface area contributed by atoms with E-state index in [1.165, 1.54) is 18.2 Å². The zero-order valence-electron chi connectivity index (χ0n) is 12.5. The highest BCUT2D eigenvalue weighted by atomic mass is 16.5. The van der Waals surface area contributed by atoms with Crippen molar-refractivity contribution < 1.29 is 23.8 Å². The molecule has 0 aliphatic carbocycles. The largest absolute Gasteiger partial charge is 0.493 e. The number of hydrogen-bond donors (Lipinski definition) is 1. The van der Waals surface area contributed by atoms with Gasteiger partial charge in [-0.15, -0.1) is 0 Å². The number of furan rings is 1. The number of aromatic carboxylic acids is 1. The number of carboxylic acid groups (broad SMARTS) is 1. The van der Waals surface area contributed by atoms with Crippen LogP contribution in [0.2, 0.25) is 0 Å². The van der Waals surface area contributed by atoms with Crippen molar-refractivity contribution in [3.8, 4) is 17.1 Å². The summed E-state index contributed by atoms with van der Waals surface area (Å²) in [6.45, 7) is 4.72. The Labute approximate surface area is 128 Å². The number of aldehydes is 1. The second-order valence-electron chi connectivity index (χ2n) is 5.37. The first-order valence-corrected chi connectivity index (χ1v) is 7.06. The molecule has 0 radical (unpaired) electrons. The van der Waals surface area contributed by atoms with Gasteiger partial charge in [-0.3, -0.25) is 4.79 Å². The van der Waals surface area contributed by atoms with E-state index in [-0.39, 0.29) is 11.3 Å². The van der Waals surface area contributed by atoms with Crippen molar-refractivity contribution in [1.29, 1.82) is 0 Å². The van der Waals surface area contributed by atoms with Crippen LogP contribution in [0, 0.1) is 5.92 Å². The minimum atomic E-state index is -1.03. The van der Waals surface area contributed by atoms with Gasteiger partial charge in [0.1, 0.15) is 11.5 Å². The number of hydrogen-bond acceptors (Lipinski definition) is 4. The lowest BCUT2D eigenvalue weighted by Crippen LogP contribution is -2.03. The topological polar surface area (TPSA) is 76.7 Å². The van der Waals surface area contributed by atoms with E-state index in [2.05, 4.69) is 13.8 Å². The highest BCUT2D eigenvalue weighted by Gasteiger charge is 2.14. The van der Waals surface area contributed by atoms with E-state index in [4.69, 9.17) is 14.3 Å². The summed E-state index contributed by atoms with van der Waals surface area (Å²) in [5.41, 5.74) is 0.659. The summed E-state index contributed by atoms with van der Waals surface area (Å²) in [5, 5.41) is 9.12. The Bertz CT molecular complexity index is 669. The molecule has 22 heavy (non-hydrogen) atoms. The number of carboxylic acids is 1. The van der Waals surface area contributed by atoms with Gasteiger partial charge in [0.2, 0.25) is 0 Å². The average Bonchev–Trinajstić information content (AvgIpc) is 2.95. The van der Waals surface area contributed by atoms with Gasteiger partial charge in [-0.05, 0) is 42.7 Å². The van der Waals surface area contributed by atoms with Crippen LogP contribution in [0.15, 0.2) is 34.7 Å². The molecule has 116 valence electrons. The molecule has 0 fully saturated rings. The van der Waals surface area contributed by atoms with Crippen molar-refractivity contribution in [1.82, 2.24) is 0 Å². The molecule has 0 unspecified atom stereocenters. The molecule has 1 aromatic carbocycles. The summed E-state index contributed by atoms with van der Waals surface area (Å²) in [5.74, 6) is 0.607. The standard InChI is InChI=1S/C17H18O5/c1-11(2)7-8-21-15-5-3-12(17(19)20)9-14(15)16-6-4-13(10-18)22-16/h3-6,9-11H,7-8H2,1-2H3,(H,19,20). The maximum atomic E-state index is 11.1. The third kappa shape index (κ3) is 3.75. The first kappa shape index (κ1) is 15.8. The zero-order chi connectivity index (χ0) is 16.1. The van der Waals surface area contributed by atoms with Crippen molar-refractivity contribution in [2.24, 2.45) is 5.92 Å². The number of ether oxygens (including phenoxy) is 1. The van der Waals surface area contributed by atoms with Crippen LogP contribution < -0.4 is 4.74 Å². The van der Waals surface area contributed by atoms with Gasteiger partial charge in [0.25, 0.3) is 0 Å². The minimum Gasteiger partial charge on any atom is -0.493 e. The minimum absolute atomic E-state index is 0.135. The van der Waals surface area contributed by atoms with Crippen LogP contribution >= 0.6 is 0 Å². The Morgan fingerprint density at radius 2 is 2.09 bits per heavy atom. The number of carbonyl (C=O) groups is 2. The van der Waals surface area contributed by atoms with E-state index in [9.17, 15) is 9.59 Å². The lowest BCUT2D eigenvalue weighted by atomic mass is 10.1. The van der Waals surface area contributed by atoms with Crippen LogP contribution in [0.25, 0.3) is 11.3 Å². The summed E-state index contributed by atoms with van der Waals surface area (Å²) in [7, 11) is 0. The fourth-order valence-electron chi connectivity index (χ4n) is 1.95. The quantitative estimate of drug-likeness (QED) is 0.785. The fourth-order valence-corrected chi connectivity index (χ4v) is 1.95. The summed E-state index contributed by atoms with van der Waals surface area (Å²) in [4.78, 5) is 21.9. The molecule has 0 atom stereocenters. The predicted molar refractivity (Wildman–Crippen MR) is 81.4 cm³/mol. The number of benzene rings is 1. The normalized spacial score (nSPS) is 10.7. The Balaban J connectivity index is 2.35. The molecule has 1 heterocycles. The predicted octanol–water partition coefficient (Wildman–Crippen LogP) is 3.88. The molecule has 0 aliphatic heterocycles. The highest BCUT2D eigenvalue weighted by Crippen LogP contribution is 2.32.